The Morgan fingerprint density at radius 2 is 1.56 bits per heavy atom. The van der Waals surface area contributed by atoms with Crippen LogP contribution in [0, 0.1) is 6.92 Å². The van der Waals surface area contributed by atoms with Crippen molar-refractivity contribution < 1.29 is 9.53 Å². The van der Waals surface area contributed by atoms with Gasteiger partial charge >= 0.3 is 0 Å². The molecule has 1 amide bonds. The third-order valence-corrected chi connectivity index (χ3v) is 6.71. The number of rotatable bonds is 6. The van der Waals surface area contributed by atoms with Gasteiger partial charge in [0.25, 0.3) is 0 Å². The van der Waals surface area contributed by atoms with Gasteiger partial charge in [0.2, 0.25) is 5.91 Å². The average molecular weight is 451 g/mol. The van der Waals surface area contributed by atoms with Crippen LogP contribution in [0.2, 0.25) is 0 Å². The number of ether oxygens (including phenoxy) is 1. The molecule has 3 aromatic carbocycles. The SMILES string of the molecule is Cc1nc2ccccc2c(-c2ccccc2)c1CC(=O)N1CCC(OCc2ccccc2)CC1. The van der Waals surface area contributed by atoms with Crippen molar-refractivity contribution in [2.75, 3.05) is 13.1 Å². The van der Waals surface area contributed by atoms with E-state index in [1.54, 1.807) is 0 Å². The normalized spacial score (nSPS) is 14.4. The number of aryl methyl sites for hydroxylation is 1. The van der Waals surface area contributed by atoms with Gasteiger partial charge < -0.3 is 9.64 Å². The minimum absolute atomic E-state index is 0.166. The molecule has 34 heavy (non-hydrogen) atoms. The third kappa shape index (κ3) is 4.87. The number of pyridine rings is 1. The van der Waals surface area contributed by atoms with Crippen LogP contribution in [0.3, 0.4) is 0 Å². The zero-order chi connectivity index (χ0) is 23.3. The standard InChI is InChI=1S/C30H30N2O2/c1-22-27(30(24-12-6-3-7-13-24)26-14-8-9-15-28(26)31-22)20-29(33)32-18-16-25(17-19-32)34-21-23-10-4-2-5-11-23/h2-15,25H,16-21H2,1H3. The van der Waals surface area contributed by atoms with Crippen molar-refractivity contribution in [1.29, 1.82) is 0 Å². The van der Waals surface area contributed by atoms with Gasteiger partial charge in [-0.25, -0.2) is 0 Å². The number of likely N-dealkylation sites (tertiary alicyclic amines) is 1. The van der Waals surface area contributed by atoms with E-state index in [-0.39, 0.29) is 12.0 Å². The first-order valence-corrected chi connectivity index (χ1v) is 12.1. The molecule has 0 spiro atoms. The molecule has 5 rings (SSSR count). The number of nitrogens with zero attached hydrogens (tertiary/aromatic N) is 2. The maximum absolute atomic E-state index is 13.4. The van der Waals surface area contributed by atoms with E-state index in [9.17, 15) is 4.79 Å². The van der Waals surface area contributed by atoms with Crippen LogP contribution < -0.4 is 0 Å². The highest BCUT2D eigenvalue weighted by Crippen LogP contribution is 2.33. The second-order valence-electron chi connectivity index (χ2n) is 8.99. The van der Waals surface area contributed by atoms with Crippen molar-refractivity contribution >= 4 is 16.8 Å². The van der Waals surface area contributed by atoms with Crippen LogP contribution in [0.15, 0.2) is 84.9 Å². The van der Waals surface area contributed by atoms with Crippen molar-refractivity contribution in [2.45, 2.75) is 38.9 Å². The van der Waals surface area contributed by atoms with Gasteiger partial charge in [-0.15, -0.1) is 0 Å². The summed E-state index contributed by atoms with van der Waals surface area (Å²) in [6, 6.07) is 28.8. The topological polar surface area (TPSA) is 42.4 Å². The summed E-state index contributed by atoms with van der Waals surface area (Å²) in [7, 11) is 0. The number of piperidine rings is 1. The maximum atomic E-state index is 13.4. The van der Waals surface area contributed by atoms with Gasteiger partial charge in [-0.3, -0.25) is 9.78 Å². The van der Waals surface area contributed by atoms with E-state index in [1.807, 2.05) is 66.4 Å². The molecule has 2 heterocycles. The Morgan fingerprint density at radius 1 is 0.912 bits per heavy atom. The molecule has 0 radical (unpaired) electrons. The Hall–Kier alpha value is -3.50. The maximum Gasteiger partial charge on any atom is 0.227 e. The Labute approximate surface area is 201 Å². The van der Waals surface area contributed by atoms with Gasteiger partial charge in [0.05, 0.1) is 24.6 Å². The highest BCUT2D eigenvalue weighted by Gasteiger charge is 2.25. The van der Waals surface area contributed by atoms with E-state index in [2.05, 4.69) is 30.3 Å². The summed E-state index contributed by atoms with van der Waals surface area (Å²) in [5, 5.41) is 1.09. The molecule has 1 aliphatic heterocycles. The van der Waals surface area contributed by atoms with Crippen LogP contribution in [0.5, 0.6) is 0 Å². The molecule has 172 valence electrons. The van der Waals surface area contributed by atoms with E-state index in [1.165, 1.54) is 5.56 Å². The van der Waals surface area contributed by atoms with Gasteiger partial charge in [0, 0.05) is 24.2 Å². The van der Waals surface area contributed by atoms with Gasteiger partial charge in [-0.05, 0) is 48.1 Å². The lowest BCUT2D eigenvalue weighted by molar-refractivity contribution is -0.133. The zero-order valence-electron chi connectivity index (χ0n) is 19.6. The summed E-state index contributed by atoms with van der Waals surface area (Å²) in [6.07, 6.45) is 2.31. The molecule has 0 aliphatic carbocycles. The van der Waals surface area contributed by atoms with Gasteiger partial charge in [-0.2, -0.15) is 0 Å². The largest absolute Gasteiger partial charge is 0.373 e. The fourth-order valence-electron chi connectivity index (χ4n) is 4.85. The zero-order valence-corrected chi connectivity index (χ0v) is 19.6. The third-order valence-electron chi connectivity index (χ3n) is 6.71. The van der Waals surface area contributed by atoms with Crippen molar-refractivity contribution in [3.8, 4) is 11.1 Å². The molecule has 4 heteroatoms. The van der Waals surface area contributed by atoms with Crippen molar-refractivity contribution in [3.63, 3.8) is 0 Å². The van der Waals surface area contributed by atoms with Crippen LogP contribution in [0.25, 0.3) is 22.0 Å². The smallest absolute Gasteiger partial charge is 0.227 e. The van der Waals surface area contributed by atoms with Crippen LogP contribution in [-0.2, 0) is 22.6 Å². The van der Waals surface area contributed by atoms with Crippen molar-refractivity contribution in [2.24, 2.45) is 0 Å². The number of aromatic nitrogens is 1. The molecule has 1 aliphatic rings. The molecule has 0 bridgehead atoms. The first-order chi connectivity index (χ1) is 16.7. The minimum Gasteiger partial charge on any atom is -0.373 e. The Kier molecular flexibility index (Phi) is 6.68. The predicted octanol–water partition coefficient (Wildman–Crippen LogP) is 5.96. The summed E-state index contributed by atoms with van der Waals surface area (Å²) >= 11 is 0. The van der Waals surface area contributed by atoms with E-state index < -0.39 is 0 Å². The van der Waals surface area contributed by atoms with Gasteiger partial charge in [0.1, 0.15) is 0 Å². The van der Waals surface area contributed by atoms with E-state index in [0.29, 0.717) is 13.0 Å². The molecule has 4 nitrogen and oxygen atoms in total. The monoisotopic (exact) mass is 450 g/mol. The fraction of sp³-hybridized carbons (Fsp3) is 0.267. The highest BCUT2D eigenvalue weighted by atomic mass is 16.5. The number of benzene rings is 3. The lowest BCUT2D eigenvalue weighted by atomic mass is 9.92. The number of carbonyl (C=O) groups excluding carboxylic acids is 1. The Bertz CT molecular complexity index is 1260. The molecule has 1 saturated heterocycles. The first kappa shape index (κ1) is 22.3. The second kappa shape index (κ2) is 10.2. The summed E-state index contributed by atoms with van der Waals surface area (Å²) in [4.78, 5) is 20.2. The molecular weight excluding hydrogens is 420 g/mol. The molecule has 0 saturated carbocycles. The number of amides is 1. The lowest BCUT2D eigenvalue weighted by Gasteiger charge is -2.32. The van der Waals surface area contributed by atoms with Gasteiger partial charge in [0.15, 0.2) is 0 Å². The summed E-state index contributed by atoms with van der Waals surface area (Å²) < 4.78 is 6.11. The molecule has 1 fully saturated rings. The first-order valence-electron chi connectivity index (χ1n) is 12.1. The van der Waals surface area contributed by atoms with Crippen LogP contribution in [-0.4, -0.2) is 35.0 Å². The molecule has 0 N–H and O–H groups in total. The predicted molar refractivity (Wildman–Crippen MR) is 136 cm³/mol. The molecule has 0 atom stereocenters. The molecule has 4 aromatic rings. The molecule has 1 aromatic heterocycles. The summed E-state index contributed by atoms with van der Waals surface area (Å²) in [6.45, 7) is 4.12. The average Bonchev–Trinajstić information content (AvgIpc) is 2.89. The van der Waals surface area contributed by atoms with Crippen LogP contribution in [0.1, 0.15) is 29.7 Å². The number of carbonyl (C=O) groups is 1. The van der Waals surface area contributed by atoms with Crippen molar-refractivity contribution in [3.05, 3.63) is 102 Å². The number of fused-ring (bicyclic) bond motifs is 1. The number of para-hydroxylation sites is 1. The minimum atomic E-state index is 0.166. The molecular formula is C30H30N2O2. The Balaban J connectivity index is 1.31. The van der Waals surface area contributed by atoms with Crippen LogP contribution >= 0.6 is 0 Å². The summed E-state index contributed by atoms with van der Waals surface area (Å²) in [5.74, 6) is 0.166. The number of hydrogen-bond acceptors (Lipinski definition) is 3. The van der Waals surface area contributed by atoms with E-state index in [4.69, 9.17) is 9.72 Å². The Morgan fingerprint density at radius 3 is 2.29 bits per heavy atom. The van der Waals surface area contributed by atoms with E-state index in [0.717, 1.165) is 59.2 Å². The quantitative estimate of drug-likeness (QED) is 0.364. The van der Waals surface area contributed by atoms with E-state index >= 15 is 0 Å². The number of hydrogen-bond donors (Lipinski definition) is 0. The second-order valence-corrected chi connectivity index (χ2v) is 8.99. The van der Waals surface area contributed by atoms with Gasteiger partial charge in [-0.1, -0.05) is 78.9 Å². The molecule has 0 unspecified atom stereocenters. The lowest BCUT2D eigenvalue weighted by Crippen LogP contribution is -2.41. The summed E-state index contributed by atoms with van der Waals surface area (Å²) in [5.41, 5.74) is 6.35. The van der Waals surface area contributed by atoms with Crippen molar-refractivity contribution in [1.82, 2.24) is 9.88 Å². The highest BCUT2D eigenvalue weighted by molar-refractivity contribution is 5.98. The van der Waals surface area contributed by atoms with Crippen LogP contribution in [0.4, 0.5) is 0 Å². The fourth-order valence-corrected chi connectivity index (χ4v) is 4.85.